The van der Waals surface area contributed by atoms with Gasteiger partial charge in [-0.25, -0.2) is 9.59 Å². The number of rotatable bonds is 7. The maximum atomic E-state index is 13.1. The average molecular weight is 419 g/mol. The van der Waals surface area contributed by atoms with Gasteiger partial charge in [0, 0.05) is 18.5 Å². The van der Waals surface area contributed by atoms with Gasteiger partial charge in [-0.05, 0) is 32.8 Å². The zero-order valence-electron chi connectivity index (χ0n) is 18.4. The molecule has 1 N–H and O–H groups in total. The lowest BCUT2D eigenvalue weighted by molar-refractivity contribution is -0.150. The molecule has 7 heteroatoms. The smallest absolute Gasteiger partial charge is 0.411 e. The van der Waals surface area contributed by atoms with E-state index in [-0.39, 0.29) is 24.0 Å². The summed E-state index contributed by atoms with van der Waals surface area (Å²) < 4.78 is 16.9. The van der Waals surface area contributed by atoms with Crippen LogP contribution in [-0.2, 0) is 25.5 Å². The van der Waals surface area contributed by atoms with Crippen molar-refractivity contribution < 1.29 is 23.8 Å². The lowest BCUT2D eigenvalue weighted by Gasteiger charge is -2.32. The highest BCUT2D eigenvalue weighted by Crippen LogP contribution is 2.37. The molecule has 7 nitrogen and oxygen atoms in total. The van der Waals surface area contributed by atoms with Gasteiger partial charge in [0.25, 0.3) is 0 Å². The Labute approximate surface area is 179 Å². The maximum Gasteiger partial charge on any atom is 0.411 e. The first-order chi connectivity index (χ1) is 14.3. The van der Waals surface area contributed by atoms with Crippen molar-refractivity contribution in [1.29, 1.82) is 0 Å². The van der Waals surface area contributed by atoms with Crippen molar-refractivity contribution >= 4 is 12.1 Å². The number of carbonyl (C=O) groups excluding carboxylic acids is 2. The van der Waals surface area contributed by atoms with Crippen molar-refractivity contribution in [3.8, 4) is 0 Å². The van der Waals surface area contributed by atoms with Crippen LogP contribution in [0.25, 0.3) is 0 Å². The minimum Gasteiger partial charge on any atom is -0.464 e. The number of carbonyl (C=O) groups is 2. The first-order valence-electron chi connectivity index (χ1n) is 10.8. The molecule has 1 aromatic carbocycles. The number of hydrogen-bond acceptors (Lipinski definition) is 6. The Hall–Kier alpha value is -2.12. The number of esters is 1. The van der Waals surface area contributed by atoms with Gasteiger partial charge in [-0.1, -0.05) is 43.7 Å². The predicted molar refractivity (Wildman–Crippen MR) is 113 cm³/mol. The van der Waals surface area contributed by atoms with Crippen molar-refractivity contribution in [3.63, 3.8) is 0 Å². The van der Waals surface area contributed by atoms with Crippen LogP contribution in [0.1, 0.15) is 46.1 Å². The molecule has 166 valence electrons. The fourth-order valence-corrected chi connectivity index (χ4v) is 4.12. The Morgan fingerprint density at radius 1 is 1.20 bits per heavy atom. The van der Waals surface area contributed by atoms with Crippen LogP contribution >= 0.6 is 0 Å². The van der Waals surface area contributed by atoms with E-state index in [1.165, 1.54) is 0 Å². The Kier molecular flexibility index (Phi) is 7.36. The summed E-state index contributed by atoms with van der Waals surface area (Å²) in [5.41, 5.74) is 0.458. The third kappa shape index (κ3) is 5.32. The molecule has 30 heavy (non-hydrogen) atoms. The van der Waals surface area contributed by atoms with Crippen LogP contribution in [0.5, 0.6) is 0 Å². The molecule has 2 fully saturated rings. The molecule has 2 heterocycles. The van der Waals surface area contributed by atoms with Gasteiger partial charge >= 0.3 is 12.1 Å². The molecule has 1 amide bonds. The van der Waals surface area contributed by atoms with Crippen molar-refractivity contribution in [2.45, 2.75) is 70.8 Å². The summed E-state index contributed by atoms with van der Waals surface area (Å²) in [4.78, 5) is 27.7. The van der Waals surface area contributed by atoms with Gasteiger partial charge in [0.05, 0.1) is 25.9 Å². The molecule has 0 radical (unpaired) electrons. The third-order valence-corrected chi connectivity index (χ3v) is 5.52. The van der Waals surface area contributed by atoms with Gasteiger partial charge in [0.15, 0.2) is 0 Å². The highest BCUT2D eigenvalue weighted by atomic mass is 16.6. The largest absolute Gasteiger partial charge is 0.464 e. The van der Waals surface area contributed by atoms with Crippen LogP contribution < -0.4 is 5.32 Å². The highest BCUT2D eigenvalue weighted by Gasteiger charge is 2.57. The number of fused-ring (bicyclic) bond motifs is 1. The molecule has 2 aliphatic heterocycles. The molecule has 1 aromatic rings. The lowest BCUT2D eigenvalue weighted by Crippen LogP contribution is -2.53. The normalized spacial score (nSPS) is 25.8. The molecule has 0 aliphatic carbocycles. The molecular formula is C23H34N2O5. The number of nitrogens with one attached hydrogen (secondary N) is 1. The van der Waals surface area contributed by atoms with Gasteiger partial charge in [-0.3, -0.25) is 4.90 Å². The zero-order chi connectivity index (χ0) is 21.7. The van der Waals surface area contributed by atoms with Crippen LogP contribution in [0, 0.1) is 5.92 Å². The van der Waals surface area contributed by atoms with Crippen molar-refractivity contribution in [1.82, 2.24) is 10.2 Å². The monoisotopic (exact) mass is 418 g/mol. The first-order valence-corrected chi connectivity index (χ1v) is 10.8. The Morgan fingerprint density at radius 2 is 1.93 bits per heavy atom. The van der Waals surface area contributed by atoms with Gasteiger partial charge in [0.1, 0.15) is 11.6 Å². The molecule has 0 aromatic heterocycles. The van der Waals surface area contributed by atoms with E-state index in [1.807, 2.05) is 58.0 Å². The van der Waals surface area contributed by atoms with Gasteiger partial charge in [-0.2, -0.15) is 0 Å². The van der Waals surface area contributed by atoms with Crippen molar-refractivity contribution in [2.75, 3.05) is 19.8 Å². The van der Waals surface area contributed by atoms with E-state index in [9.17, 15) is 9.59 Å². The fourth-order valence-electron chi connectivity index (χ4n) is 4.12. The molecule has 0 unspecified atom stereocenters. The van der Waals surface area contributed by atoms with Crippen molar-refractivity contribution in [3.05, 3.63) is 35.9 Å². The summed E-state index contributed by atoms with van der Waals surface area (Å²) in [6.07, 6.45) is 1.23. The van der Waals surface area contributed by atoms with Crippen LogP contribution in [0.15, 0.2) is 30.3 Å². The SMILES string of the molecule is CCCCOC(=O)[C@H]1[C@@H](NCc2ccccc2)[C@H]2COC[C@H]2N1C(=O)OC(C)(C)C. The third-order valence-electron chi connectivity index (χ3n) is 5.52. The van der Waals surface area contributed by atoms with E-state index >= 15 is 0 Å². The zero-order valence-corrected chi connectivity index (χ0v) is 18.4. The van der Waals surface area contributed by atoms with Crippen LogP contribution in [0.3, 0.4) is 0 Å². The van der Waals surface area contributed by atoms with Crippen LogP contribution in [0.2, 0.25) is 0 Å². The summed E-state index contributed by atoms with van der Waals surface area (Å²) in [5.74, 6) is -0.376. The lowest BCUT2D eigenvalue weighted by atomic mass is 9.96. The second-order valence-corrected chi connectivity index (χ2v) is 9.01. The summed E-state index contributed by atoms with van der Waals surface area (Å²) in [6.45, 7) is 9.35. The Bertz CT molecular complexity index is 718. The van der Waals surface area contributed by atoms with Gasteiger partial charge < -0.3 is 19.5 Å². The minimum atomic E-state index is -0.737. The summed E-state index contributed by atoms with van der Waals surface area (Å²) in [5, 5.41) is 3.51. The van der Waals surface area contributed by atoms with E-state index in [2.05, 4.69) is 5.32 Å². The minimum absolute atomic E-state index is 0.00459. The maximum absolute atomic E-state index is 13.1. The second-order valence-electron chi connectivity index (χ2n) is 9.01. The van der Waals surface area contributed by atoms with E-state index in [0.717, 1.165) is 18.4 Å². The van der Waals surface area contributed by atoms with E-state index < -0.39 is 17.7 Å². The Balaban J connectivity index is 1.83. The molecule has 2 saturated heterocycles. The molecule has 0 spiro atoms. The molecule has 0 bridgehead atoms. The molecule has 3 rings (SSSR count). The molecule has 4 atom stereocenters. The average Bonchev–Trinajstić information content (AvgIpc) is 3.26. The summed E-state index contributed by atoms with van der Waals surface area (Å²) in [6, 6.07) is 8.79. The molecule has 0 saturated carbocycles. The number of benzene rings is 1. The summed E-state index contributed by atoms with van der Waals surface area (Å²) in [7, 11) is 0. The number of ether oxygens (including phenoxy) is 3. The van der Waals surface area contributed by atoms with E-state index in [0.29, 0.717) is 26.4 Å². The number of unbranched alkanes of at least 4 members (excludes halogenated alkanes) is 1. The molecular weight excluding hydrogens is 384 g/mol. The predicted octanol–water partition coefficient (Wildman–Crippen LogP) is 3.12. The number of likely N-dealkylation sites (tertiary alicyclic amines) is 1. The standard InChI is InChI=1S/C23H34N2O5/c1-5-6-12-29-21(26)20-19(24-13-16-10-8-7-9-11-16)17-14-28-15-18(17)25(20)22(27)30-23(2,3)4/h7-11,17-20,24H,5-6,12-15H2,1-4H3/t17-,18+,19-,20+/m0/s1. The second kappa shape index (κ2) is 9.79. The van der Waals surface area contributed by atoms with E-state index in [4.69, 9.17) is 14.2 Å². The van der Waals surface area contributed by atoms with Gasteiger partial charge in [0.2, 0.25) is 0 Å². The van der Waals surface area contributed by atoms with Crippen molar-refractivity contribution in [2.24, 2.45) is 5.92 Å². The summed E-state index contributed by atoms with van der Waals surface area (Å²) >= 11 is 0. The topological polar surface area (TPSA) is 77.1 Å². The van der Waals surface area contributed by atoms with Gasteiger partial charge in [-0.15, -0.1) is 0 Å². The molecule has 2 aliphatic rings. The fraction of sp³-hybridized carbons (Fsp3) is 0.652. The highest BCUT2D eigenvalue weighted by molar-refractivity contribution is 5.84. The quantitative estimate of drug-likeness (QED) is 0.542. The number of nitrogens with zero attached hydrogens (tertiary/aromatic N) is 1. The first kappa shape index (κ1) is 22.6. The van der Waals surface area contributed by atoms with Crippen LogP contribution in [-0.4, -0.2) is 60.5 Å². The van der Waals surface area contributed by atoms with Crippen LogP contribution in [0.4, 0.5) is 4.79 Å². The van der Waals surface area contributed by atoms with E-state index in [1.54, 1.807) is 4.90 Å². The number of hydrogen-bond donors (Lipinski definition) is 1. The number of amides is 1. The Morgan fingerprint density at radius 3 is 2.60 bits per heavy atom.